The molecular formula is C43H60N4O9S2. The van der Waals surface area contributed by atoms with Crippen molar-refractivity contribution in [2.45, 2.75) is 87.6 Å². The molecule has 2 heterocycles. The zero-order valence-electron chi connectivity index (χ0n) is 33.6. The Bertz CT molecular complexity index is 1590. The fourth-order valence-corrected chi connectivity index (χ4v) is 9.73. The van der Waals surface area contributed by atoms with Gasteiger partial charge in [0, 0.05) is 35.6 Å². The van der Waals surface area contributed by atoms with E-state index in [4.69, 9.17) is 23.7 Å². The summed E-state index contributed by atoms with van der Waals surface area (Å²) in [6, 6.07) is 15.9. The lowest BCUT2D eigenvalue weighted by Crippen LogP contribution is -2.42. The number of fused-ring (bicyclic) bond motifs is 4. The fourth-order valence-electron chi connectivity index (χ4n) is 7.33. The van der Waals surface area contributed by atoms with E-state index in [1.54, 1.807) is 13.0 Å². The molecular weight excluding hydrogens is 781 g/mol. The summed E-state index contributed by atoms with van der Waals surface area (Å²) in [5, 5.41) is 12.2. The molecule has 3 aliphatic rings. The Morgan fingerprint density at radius 1 is 0.862 bits per heavy atom. The average Bonchev–Trinajstić information content (AvgIpc) is 3.90. The summed E-state index contributed by atoms with van der Waals surface area (Å²) in [7, 11) is 0. The van der Waals surface area contributed by atoms with Crippen molar-refractivity contribution < 1.29 is 42.9 Å². The highest BCUT2D eigenvalue weighted by Gasteiger charge is 2.42. The second kappa shape index (κ2) is 25.7. The van der Waals surface area contributed by atoms with Crippen molar-refractivity contribution in [3.63, 3.8) is 0 Å². The van der Waals surface area contributed by atoms with Crippen LogP contribution >= 0.6 is 23.5 Å². The number of carbonyl (C=O) groups excluding carboxylic acids is 4. The van der Waals surface area contributed by atoms with Gasteiger partial charge >= 0.3 is 18.1 Å². The van der Waals surface area contributed by atoms with E-state index in [1.165, 1.54) is 31.9 Å². The normalized spacial score (nSPS) is 18.6. The van der Waals surface area contributed by atoms with Crippen LogP contribution in [-0.2, 0) is 33.3 Å². The van der Waals surface area contributed by atoms with Crippen molar-refractivity contribution in [1.82, 2.24) is 21.3 Å². The molecule has 4 N–H and O–H groups in total. The Morgan fingerprint density at radius 2 is 1.57 bits per heavy atom. The minimum Gasteiger partial charge on any atom is -0.449 e. The molecule has 0 aromatic heterocycles. The van der Waals surface area contributed by atoms with Crippen molar-refractivity contribution in [2.24, 2.45) is 0 Å². The summed E-state index contributed by atoms with van der Waals surface area (Å²) >= 11 is 3.90. The van der Waals surface area contributed by atoms with Crippen LogP contribution in [0.3, 0.4) is 0 Å². The first-order valence-electron chi connectivity index (χ1n) is 20.6. The quantitative estimate of drug-likeness (QED) is 0.0336. The van der Waals surface area contributed by atoms with E-state index in [1.807, 2.05) is 59.9 Å². The molecule has 2 fully saturated rings. The maximum atomic E-state index is 12.9. The number of nitrogens with one attached hydrogen (secondary N) is 4. The van der Waals surface area contributed by atoms with Gasteiger partial charge in [-0.2, -0.15) is 23.5 Å². The number of rotatable bonds is 28. The average molecular weight is 841 g/mol. The van der Waals surface area contributed by atoms with Gasteiger partial charge in [-0.25, -0.2) is 14.4 Å². The zero-order valence-corrected chi connectivity index (χ0v) is 35.2. The van der Waals surface area contributed by atoms with Gasteiger partial charge in [0.1, 0.15) is 12.6 Å². The number of urea groups is 1. The Hall–Kier alpha value is -3.76. The first-order valence-corrected chi connectivity index (χ1v) is 22.8. The molecule has 5 rings (SSSR count). The molecule has 13 nitrogen and oxygen atoms in total. The topological polar surface area (TPSA) is 163 Å². The number of hydrogen-bond donors (Lipinski definition) is 4. The lowest BCUT2D eigenvalue weighted by molar-refractivity contribution is -0.140. The molecule has 15 heteroatoms. The van der Waals surface area contributed by atoms with Crippen LogP contribution in [0.15, 0.2) is 60.9 Å². The van der Waals surface area contributed by atoms with Crippen LogP contribution in [0.1, 0.15) is 75.3 Å². The lowest BCUT2D eigenvalue weighted by atomic mass is 9.98. The molecule has 318 valence electrons. The molecule has 4 atom stereocenters. The van der Waals surface area contributed by atoms with Crippen molar-refractivity contribution in [3.05, 3.63) is 72.0 Å². The third kappa shape index (κ3) is 14.8. The maximum Gasteiger partial charge on any atom is 0.407 e. The van der Waals surface area contributed by atoms with Crippen LogP contribution < -0.4 is 21.3 Å². The first kappa shape index (κ1) is 45.3. The third-order valence-electron chi connectivity index (χ3n) is 10.3. The van der Waals surface area contributed by atoms with E-state index < -0.39 is 18.1 Å². The molecule has 2 aliphatic heterocycles. The van der Waals surface area contributed by atoms with Crippen LogP contribution in [0.5, 0.6) is 0 Å². The Morgan fingerprint density at radius 3 is 2.31 bits per heavy atom. The maximum absolute atomic E-state index is 12.9. The number of carbonyl (C=O) groups is 4. The number of thioether (sulfide) groups is 2. The highest BCUT2D eigenvalue weighted by molar-refractivity contribution is 8.00. The summed E-state index contributed by atoms with van der Waals surface area (Å²) in [6.45, 7) is 5.18. The number of unbranched alkanes of at least 4 members (excludes halogenated alkanes) is 3. The number of ether oxygens (including phenoxy) is 5. The highest BCUT2D eigenvalue weighted by Crippen LogP contribution is 2.44. The van der Waals surface area contributed by atoms with Crippen molar-refractivity contribution in [2.75, 3.05) is 70.1 Å². The molecule has 2 aromatic rings. The third-order valence-corrected chi connectivity index (χ3v) is 12.8. The smallest absolute Gasteiger partial charge is 0.407 e. The second-order valence-electron chi connectivity index (χ2n) is 14.4. The Balaban J connectivity index is 0.814. The number of allylic oxidation sites excluding steroid dienone is 1. The van der Waals surface area contributed by atoms with Crippen molar-refractivity contribution >= 4 is 47.5 Å². The van der Waals surface area contributed by atoms with Gasteiger partial charge in [0.15, 0.2) is 0 Å². The van der Waals surface area contributed by atoms with Gasteiger partial charge in [-0.15, -0.1) is 0 Å². The summed E-state index contributed by atoms with van der Waals surface area (Å²) in [5.41, 5.74) is 4.48. The van der Waals surface area contributed by atoms with Gasteiger partial charge in [-0.3, -0.25) is 4.79 Å². The molecule has 2 aromatic carbocycles. The minimum atomic E-state index is -0.895. The summed E-state index contributed by atoms with van der Waals surface area (Å²) in [5.74, 6) is 2.34. The second-order valence-corrected chi connectivity index (χ2v) is 16.9. The standard InChI is InChI=1S/C43H60N4O9S2/c1-2-20-55-41(49)36(46-43(51)56-29-35-33-14-7-5-12-31(33)32-13-6-8-15-34(32)35)16-9-10-19-44-39(48)18-21-52-22-23-53-24-25-54-26-28-57-27-11-3-4-17-38-40-37(30-58-38)45-42(50)47-40/h2,5-8,12-15,20,35-38,40H,3-4,9-11,16-19,21-30H2,1H3,(H,44,48)(H,46,51)(H2,45,47,50)/b20-2+/t36?,37-,38-,40-/m0/s1. The van der Waals surface area contributed by atoms with E-state index in [2.05, 4.69) is 33.4 Å². The number of alkyl carbamates (subject to hydrolysis) is 1. The summed E-state index contributed by atoms with van der Waals surface area (Å²) in [4.78, 5) is 49.4. The molecule has 0 spiro atoms. The molecule has 2 saturated heterocycles. The predicted octanol–water partition coefficient (Wildman–Crippen LogP) is 6.16. The monoisotopic (exact) mass is 840 g/mol. The van der Waals surface area contributed by atoms with E-state index in [0.29, 0.717) is 82.8 Å². The Kier molecular flexibility index (Phi) is 20.1. The van der Waals surface area contributed by atoms with Crippen LogP contribution in [-0.4, -0.2) is 117 Å². The summed E-state index contributed by atoms with van der Waals surface area (Å²) < 4.78 is 27.6. The SMILES string of the molecule is C/C=C/OC(=O)C(CCCCNC(=O)CCOCCOCCOCCSCCCCC[C@@H]1SC[C@@H]2NC(=O)N[C@@H]21)NC(=O)OCC1c2ccccc2-c2ccccc21. The number of hydrogen-bond acceptors (Lipinski definition) is 11. The van der Waals surface area contributed by atoms with E-state index in [0.717, 1.165) is 39.5 Å². The Labute approximate surface area is 351 Å². The predicted molar refractivity (Wildman–Crippen MR) is 228 cm³/mol. The lowest BCUT2D eigenvalue weighted by Gasteiger charge is -2.18. The van der Waals surface area contributed by atoms with Crippen LogP contribution in [0.2, 0.25) is 0 Å². The molecule has 1 aliphatic carbocycles. The first-order chi connectivity index (χ1) is 28.4. The van der Waals surface area contributed by atoms with Gasteiger partial charge in [0.25, 0.3) is 0 Å². The van der Waals surface area contributed by atoms with E-state index in [9.17, 15) is 19.2 Å². The van der Waals surface area contributed by atoms with Crippen LogP contribution in [0.4, 0.5) is 9.59 Å². The molecule has 0 bridgehead atoms. The number of benzene rings is 2. The van der Waals surface area contributed by atoms with E-state index >= 15 is 0 Å². The van der Waals surface area contributed by atoms with E-state index in [-0.39, 0.29) is 30.9 Å². The zero-order chi connectivity index (χ0) is 40.8. The van der Waals surface area contributed by atoms with Gasteiger partial charge in [0.2, 0.25) is 5.91 Å². The number of esters is 1. The molecule has 0 radical (unpaired) electrons. The number of amides is 4. The van der Waals surface area contributed by atoms with Crippen molar-refractivity contribution in [3.8, 4) is 11.1 Å². The fraction of sp³-hybridized carbons (Fsp3) is 0.581. The minimum absolute atomic E-state index is 0.0132. The van der Waals surface area contributed by atoms with Crippen LogP contribution in [0.25, 0.3) is 11.1 Å². The van der Waals surface area contributed by atoms with Gasteiger partial charge in [-0.05, 0) is 67.0 Å². The molecule has 1 unspecified atom stereocenters. The summed E-state index contributed by atoms with van der Waals surface area (Å²) in [6.07, 6.45) is 8.74. The molecule has 4 amide bonds. The van der Waals surface area contributed by atoms with Crippen LogP contribution in [0, 0.1) is 0 Å². The largest absolute Gasteiger partial charge is 0.449 e. The van der Waals surface area contributed by atoms with Gasteiger partial charge < -0.3 is 45.0 Å². The molecule has 58 heavy (non-hydrogen) atoms. The van der Waals surface area contributed by atoms with Crippen molar-refractivity contribution in [1.29, 1.82) is 0 Å². The molecule has 0 saturated carbocycles. The van der Waals surface area contributed by atoms with Gasteiger partial charge in [-0.1, -0.05) is 67.4 Å². The highest BCUT2D eigenvalue weighted by atomic mass is 32.2. The van der Waals surface area contributed by atoms with Gasteiger partial charge in [0.05, 0.1) is 58.0 Å².